The summed E-state index contributed by atoms with van der Waals surface area (Å²) >= 11 is 0. The number of carbonyl (C=O) groups is 2. The van der Waals surface area contributed by atoms with Crippen molar-refractivity contribution in [3.63, 3.8) is 0 Å². The highest BCUT2D eigenvalue weighted by Gasteiger charge is 2.22. The lowest BCUT2D eigenvalue weighted by Gasteiger charge is -2.30. The molecule has 2 fully saturated rings. The van der Waals surface area contributed by atoms with Crippen molar-refractivity contribution >= 4 is 12.3 Å². The van der Waals surface area contributed by atoms with Crippen LogP contribution < -0.4 is 4.74 Å². The molecule has 0 aromatic heterocycles. The van der Waals surface area contributed by atoms with Gasteiger partial charge in [-0.1, -0.05) is 6.92 Å². The molecule has 0 bridgehead atoms. The minimum atomic E-state index is -0.250. The highest BCUT2D eigenvalue weighted by atomic mass is 16.5. The Kier molecular flexibility index (Phi) is 10.0. The van der Waals surface area contributed by atoms with Crippen molar-refractivity contribution in [3.05, 3.63) is 29.8 Å². The lowest BCUT2D eigenvalue weighted by atomic mass is 9.91. The van der Waals surface area contributed by atoms with E-state index in [0.29, 0.717) is 13.2 Å². The Bertz CT molecular complexity index is 583. The second kappa shape index (κ2) is 12.5. The quantitative estimate of drug-likeness (QED) is 0.436. The van der Waals surface area contributed by atoms with Gasteiger partial charge in [0.15, 0.2) is 5.78 Å². The van der Waals surface area contributed by atoms with Crippen LogP contribution in [0.5, 0.6) is 5.75 Å². The summed E-state index contributed by atoms with van der Waals surface area (Å²) in [5, 5.41) is 6.89. The smallest absolute Gasteiger partial charge is 0.290 e. The second-order valence-corrected chi connectivity index (χ2v) is 7.63. The van der Waals surface area contributed by atoms with E-state index in [-0.39, 0.29) is 18.2 Å². The number of hydrogen-bond donors (Lipinski definition) is 1. The minimum Gasteiger partial charge on any atom is -0.494 e. The number of rotatable bonds is 7. The first-order valence-corrected chi connectivity index (χ1v) is 10.3. The third kappa shape index (κ3) is 7.60. The number of hydrogen-bond acceptors (Lipinski definition) is 5. The number of nitrogens with zero attached hydrogens (tertiary/aromatic N) is 1. The lowest BCUT2D eigenvalue weighted by Crippen LogP contribution is -2.35. The van der Waals surface area contributed by atoms with Crippen LogP contribution in [0.3, 0.4) is 0 Å². The van der Waals surface area contributed by atoms with Crippen LogP contribution in [0.4, 0.5) is 0 Å². The van der Waals surface area contributed by atoms with Gasteiger partial charge in [0.2, 0.25) is 0 Å². The monoisotopic (exact) mass is 391 g/mol. The maximum absolute atomic E-state index is 12.5. The maximum atomic E-state index is 12.5. The zero-order valence-electron chi connectivity index (χ0n) is 16.8. The number of carbonyl (C=O) groups excluding carboxylic acids is 1. The zero-order valence-corrected chi connectivity index (χ0v) is 16.8. The molecule has 2 saturated heterocycles. The van der Waals surface area contributed by atoms with Crippen LogP contribution in [0.25, 0.3) is 0 Å². The van der Waals surface area contributed by atoms with Gasteiger partial charge in [-0.15, -0.1) is 0 Å². The fourth-order valence-electron chi connectivity index (χ4n) is 3.88. The summed E-state index contributed by atoms with van der Waals surface area (Å²) < 4.78 is 11.2. The van der Waals surface area contributed by atoms with Crippen molar-refractivity contribution in [3.8, 4) is 5.75 Å². The topological polar surface area (TPSA) is 76.1 Å². The fourth-order valence-corrected chi connectivity index (χ4v) is 3.88. The zero-order chi connectivity index (χ0) is 20.2. The van der Waals surface area contributed by atoms with E-state index in [4.69, 9.17) is 19.4 Å². The molecule has 3 rings (SSSR count). The van der Waals surface area contributed by atoms with Crippen LogP contribution in [0.1, 0.15) is 49.4 Å². The average Bonchev–Trinajstić information content (AvgIpc) is 2.72. The van der Waals surface area contributed by atoms with Gasteiger partial charge in [0.05, 0.1) is 6.61 Å². The Labute approximate surface area is 167 Å². The molecule has 28 heavy (non-hydrogen) atoms. The molecule has 1 N–H and O–H groups in total. The molecular formula is C22H33NO5. The van der Waals surface area contributed by atoms with Gasteiger partial charge in [-0.05, 0) is 68.8 Å². The number of ketones is 1. The first-order chi connectivity index (χ1) is 13.6. The van der Waals surface area contributed by atoms with Gasteiger partial charge < -0.3 is 19.5 Å². The van der Waals surface area contributed by atoms with Crippen LogP contribution in [-0.4, -0.2) is 61.7 Å². The predicted molar refractivity (Wildman–Crippen MR) is 108 cm³/mol. The number of Topliss-reactive ketones (excluding diaryl/α,β-unsaturated/α-hetero) is 1. The molecule has 1 aromatic carbocycles. The molecule has 0 aliphatic carbocycles. The molecule has 2 aliphatic heterocycles. The Morgan fingerprint density at radius 2 is 1.93 bits per heavy atom. The first kappa shape index (κ1) is 22.4. The van der Waals surface area contributed by atoms with E-state index in [9.17, 15) is 4.79 Å². The maximum Gasteiger partial charge on any atom is 0.290 e. The third-order valence-corrected chi connectivity index (χ3v) is 5.36. The predicted octanol–water partition coefficient (Wildman–Crippen LogP) is 3.50. The number of benzene rings is 1. The molecule has 1 aromatic rings. The third-order valence-electron chi connectivity index (χ3n) is 5.36. The summed E-state index contributed by atoms with van der Waals surface area (Å²) in [5.74, 6) is 2.05. The van der Waals surface area contributed by atoms with E-state index in [2.05, 4.69) is 11.8 Å². The molecule has 2 heterocycles. The number of ether oxygens (including phenoxy) is 2. The van der Waals surface area contributed by atoms with Crippen molar-refractivity contribution in [2.75, 3.05) is 39.5 Å². The van der Waals surface area contributed by atoms with E-state index in [1.807, 2.05) is 24.3 Å². The molecule has 0 radical (unpaired) electrons. The van der Waals surface area contributed by atoms with Crippen molar-refractivity contribution in [1.29, 1.82) is 0 Å². The summed E-state index contributed by atoms with van der Waals surface area (Å²) in [6, 6.07) is 7.66. The van der Waals surface area contributed by atoms with Crippen molar-refractivity contribution in [2.24, 2.45) is 11.8 Å². The largest absolute Gasteiger partial charge is 0.494 e. The summed E-state index contributed by atoms with van der Waals surface area (Å²) in [6.07, 6.45) is 5.42. The van der Waals surface area contributed by atoms with Gasteiger partial charge in [0.1, 0.15) is 5.75 Å². The Balaban J connectivity index is 0.000000878. The van der Waals surface area contributed by atoms with E-state index in [1.165, 1.54) is 25.9 Å². The average molecular weight is 392 g/mol. The van der Waals surface area contributed by atoms with Crippen LogP contribution in [0.2, 0.25) is 0 Å². The molecule has 0 spiro atoms. The summed E-state index contributed by atoms with van der Waals surface area (Å²) in [7, 11) is 0. The van der Waals surface area contributed by atoms with Crippen molar-refractivity contribution < 1.29 is 24.2 Å². The highest BCUT2D eigenvalue weighted by Crippen LogP contribution is 2.22. The Morgan fingerprint density at radius 1 is 1.25 bits per heavy atom. The van der Waals surface area contributed by atoms with Crippen LogP contribution in [0, 0.1) is 11.8 Å². The summed E-state index contributed by atoms with van der Waals surface area (Å²) in [6.45, 7) is 7.80. The van der Waals surface area contributed by atoms with Gasteiger partial charge in [0, 0.05) is 37.8 Å². The molecule has 2 aliphatic rings. The molecule has 0 amide bonds. The SMILES string of the molecule is CC1CCCN(CCCOc2ccc(C(=O)C3CCOCC3)cc2)C1.O=CO. The van der Waals surface area contributed by atoms with Gasteiger partial charge in [-0.25, -0.2) is 0 Å². The van der Waals surface area contributed by atoms with Crippen LogP contribution >= 0.6 is 0 Å². The fraction of sp³-hybridized carbons (Fsp3) is 0.636. The second-order valence-electron chi connectivity index (χ2n) is 7.63. The summed E-state index contributed by atoms with van der Waals surface area (Å²) in [5.41, 5.74) is 0.793. The summed E-state index contributed by atoms with van der Waals surface area (Å²) in [4.78, 5) is 23.4. The van der Waals surface area contributed by atoms with Crippen molar-refractivity contribution in [1.82, 2.24) is 4.90 Å². The first-order valence-electron chi connectivity index (χ1n) is 10.3. The van der Waals surface area contributed by atoms with E-state index in [1.54, 1.807) is 0 Å². The minimum absolute atomic E-state index is 0.118. The van der Waals surface area contributed by atoms with Gasteiger partial charge in [-0.3, -0.25) is 9.59 Å². The standard InChI is InChI=1S/C21H31NO3.CH2O2/c1-17-4-2-11-22(16-17)12-3-13-25-20-7-5-18(6-8-20)21(23)19-9-14-24-15-10-19;2-1-3/h5-8,17,19H,2-4,9-16H2,1H3;1H,(H,2,3). The Hall–Kier alpha value is -1.92. The number of likely N-dealkylation sites (tertiary alicyclic amines) is 1. The van der Waals surface area contributed by atoms with Crippen LogP contribution in [0.15, 0.2) is 24.3 Å². The number of piperidine rings is 1. The molecule has 156 valence electrons. The molecule has 1 atom stereocenters. The Morgan fingerprint density at radius 3 is 2.57 bits per heavy atom. The van der Waals surface area contributed by atoms with Gasteiger partial charge in [-0.2, -0.15) is 0 Å². The van der Waals surface area contributed by atoms with E-state index >= 15 is 0 Å². The van der Waals surface area contributed by atoms with Gasteiger partial charge in [0.25, 0.3) is 6.47 Å². The highest BCUT2D eigenvalue weighted by molar-refractivity contribution is 5.98. The number of carboxylic acid groups (broad SMARTS) is 1. The molecule has 6 heteroatoms. The van der Waals surface area contributed by atoms with E-state index < -0.39 is 0 Å². The van der Waals surface area contributed by atoms with Crippen LogP contribution in [-0.2, 0) is 9.53 Å². The van der Waals surface area contributed by atoms with Gasteiger partial charge >= 0.3 is 0 Å². The lowest BCUT2D eigenvalue weighted by molar-refractivity contribution is -0.122. The molecule has 6 nitrogen and oxygen atoms in total. The molecule has 1 unspecified atom stereocenters. The normalized spacial score (nSPS) is 20.7. The molecule has 0 saturated carbocycles. The van der Waals surface area contributed by atoms with Crippen molar-refractivity contribution in [2.45, 2.75) is 39.0 Å². The van der Waals surface area contributed by atoms with E-state index in [0.717, 1.165) is 49.6 Å². The molecular weight excluding hydrogens is 358 g/mol.